The number of hydrogen-bond acceptors (Lipinski definition) is 4. The lowest BCUT2D eigenvalue weighted by Gasteiger charge is -2.10. The van der Waals surface area contributed by atoms with Crippen LogP contribution in [0.4, 0.5) is 8.78 Å². The highest BCUT2D eigenvalue weighted by molar-refractivity contribution is 7.10. The van der Waals surface area contributed by atoms with Crippen molar-refractivity contribution in [2.24, 2.45) is 5.73 Å². The summed E-state index contributed by atoms with van der Waals surface area (Å²) < 4.78 is 34.5. The summed E-state index contributed by atoms with van der Waals surface area (Å²) in [6.07, 6.45) is -3.59. The molecule has 0 amide bonds. The lowest BCUT2D eigenvalue weighted by molar-refractivity contribution is -0.286. The van der Waals surface area contributed by atoms with Gasteiger partial charge in [-0.3, -0.25) is 0 Å². The predicted octanol–water partition coefficient (Wildman–Crippen LogP) is 3.12. The summed E-state index contributed by atoms with van der Waals surface area (Å²) in [4.78, 5) is 0.959. The molecule has 0 radical (unpaired) electrons. The Morgan fingerprint density at radius 1 is 1.17 bits per heavy atom. The van der Waals surface area contributed by atoms with E-state index in [4.69, 9.17) is 5.73 Å². The van der Waals surface area contributed by atoms with E-state index in [-0.39, 0.29) is 17.5 Å². The summed E-state index contributed by atoms with van der Waals surface area (Å²) in [6, 6.07) is 8.02. The van der Waals surface area contributed by atoms with Crippen molar-refractivity contribution in [3.05, 3.63) is 46.2 Å². The molecule has 3 nitrogen and oxygen atoms in total. The molecule has 0 saturated heterocycles. The van der Waals surface area contributed by atoms with E-state index >= 15 is 0 Å². The Labute approximate surface area is 106 Å². The van der Waals surface area contributed by atoms with E-state index in [2.05, 4.69) is 9.47 Å². The van der Waals surface area contributed by atoms with E-state index in [1.54, 1.807) is 6.07 Å². The number of ether oxygens (including phenoxy) is 2. The molecule has 1 aliphatic rings. The Morgan fingerprint density at radius 3 is 2.67 bits per heavy atom. The molecule has 6 heteroatoms. The van der Waals surface area contributed by atoms with Gasteiger partial charge < -0.3 is 15.2 Å². The van der Waals surface area contributed by atoms with Crippen molar-refractivity contribution in [1.29, 1.82) is 0 Å². The minimum absolute atomic E-state index is 0.0181. The third-order valence-electron chi connectivity index (χ3n) is 2.63. The highest BCUT2D eigenvalue weighted by atomic mass is 32.1. The van der Waals surface area contributed by atoms with Gasteiger partial charge in [0.15, 0.2) is 11.5 Å². The van der Waals surface area contributed by atoms with Crippen LogP contribution in [0.1, 0.15) is 16.5 Å². The van der Waals surface area contributed by atoms with E-state index in [0.717, 1.165) is 4.88 Å². The van der Waals surface area contributed by atoms with Gasteiger partial charge in [-0.2, -0.15) is 0 Å². The van der Waals surface area contributed by atoms with Gasteiger partial charge in [0.05, 0.1) is 6.04 Å². The molecule has 0 saturated carbocycles. The zero-order valence-electron chi connectivity index (χ0n) is 9.10. The Hall–Kier alpha value is -1.66. The Balaban J connectivity index is 1.93. The highest BCUT2D eigenvalue weighted by Gasteiger charge is 2.43. The maximum absolute atomic E-state index is 12.9. The van der Waals surface area contributed by atoms with Crippen LogP contribution in [0.5, 0.6) is 11.5 Å². The van der Waals surface area contributed by atoms with Crippen LogP contribution in [0.25, 0.3) is 0 Å². The van der Waals surface area contributed by atoms with Gasteiger partial charge in [0, 0.05) is 4.88 Å². The summed E-state index contributed by atoms with van der Waals surface area (Å²) >= 11 is 1.51. The first-order valence-electron chi connectivity index (χ1n) is 5.24. The second-order valence-electron chi connectivity index (χ2n) is 3.87. The van der Waals surface area contributed by atoms with Gasteiger partial charge in [0.1, 0.15) is 0 Å². The summed E-state index contributed by atoms with van der Waals surface area (Å²) in [5.41, 5.74) is 6.75. The van der Waals surface area contributed by atoms with Crippen LogP contribution >= 0.6 is 11.3 Å². The Bertz CT molecular complexity index is 571. The lowest BCUT2D eigenvalue weighted by atomic mass is 10.1. The lowest BCUT2D eigenvalue weighted by Crippen LogP contribution is -2.25. The third-order valence-corrected chi connectivity index (χ3v) is 3.59. The molecule has 1 aliphatic heterocycles. The van der Waals surface area contributed by atoms with Crippen LogP contribution in [-0.2, 0) is 0 Å². The molecule has 1 aromatic carbocycles. The van der Waals surface area contributed by atoms with Crippen molar-refractivity contribution >= 4 is 11.3 Å². The first-order valence-corrected chi connectivity index (χ1v) is 6.12. The van der Waals surface area contributed by atoms with Crippen LogP contribution in [0.3, 0.4) is 0 Å². The largest absolute Gasteiger partial charge is 0.586 e. The van der Waals surface area contributed by atoms with Gasteiger partial charge in [0.25, 0.3) is 0 Å². The number of alkyl halides is 2. The van der Waals surface area contributed by atoms with Crippen LogP contribution in [0.2, 0.25) is 0 Å². The molecule has 2 aromatic rings. The number of halogens is 2. The van der Waals surface area contributed by atoms with Crippen LogP contribution in [0.15, 0.2) is 35.7 Å². The molecule has 1 atom stereocenters. The number of benzene rings is 1. The van der Waals surface area contributed by atoms with Crippen molar-refractivity contribution in [3.63, 3.8) is 0 Å². The zero-order chi connectivity index (χ0) is 12.8. The van der Waals surface area contributed by atoms with E-state index in [9.17, 15) is 8.78 Å². The Kier molecular flexibility index (Phi) is 2.49. The summed E-state index contributed by atoms with van der Waals surface area (Å²) in [6.45, 7) is 0. The minimum Gasteiger partial charge on any atom is -0.395 e. The van der Waals surface area contributed by atoms with Gasteiger partial charge in [0.2, 0.25) is 0 Å². The quantitative estimate of drug-likeness (QED) is 0.911. The number of fused-ring (bicyclic) bond motifs is 1. The molecule has 18 heavy (non-hydrogen) atoms. The van der Waals surface area contributed by atoms with Crippen LogP contribution < -0.4 is 15.2 Å². The monoisotopic (exact) mass is 269 g/mol. The summed E-state index contributed by atoms with van der Waals surface area (Å²) in [7, 11) is 0. The standard InChI is InChI=1S/C12H9F2NO2S/c13-12(14)16-8-4-3-7(6-9(8)17-12)11(15)10-2-1-5-18-10/h1-6,11H,15H2/t11-/m0/s1. The molecule has 0 unspecified atom stereocenters. The van der Waals surface area contributed by atoms with E-state index in [1.165, 1.54) is 23.5 Å². The first kappa shape index (κ1) is 11.4. The van der Waals surface area contributed by atoms with Crippen molar-refractivity contribution in [2.45, 2.75) is 12.3 Å². The molecule has 0 aliphatic carbocycles. The topological polar surface area (TPSA) is 44.5 Å². The number of hydrogen-bond donors (Lipinski definition) is 1. The maximum atomic E-state index is 12.9. The third kappa shape index (κ3) is 1.93. The summed E-state index contributed by atoms with van der Waals surface area (Å²) in [5, 5.41) is 1.91. The second kappa shape index (κ2) is 3.93. The molecule has 0 bridgehead atoms. The molecular weight excluding hydrogens is 260 g/mol. The van der Waals surface area contributed by atoms with Gasteiger partial charge in [-0.15, -0.1) is 20.1 Å². The average molecular weight is 269 g/mol. The fourth-order valence-corrected chi connectivity index (χ4v) is 2.55. The number of thiophene rings is 1. The molecular formula is C12H9F2NO2S. The van der Waals surface area contributed by atoms with Gasteiger partial charge >= 0.3 is 6.29 Å². The smallest absolute Gasteiger partial charge is 0.395 e. The number of nitrogens with two attached hydrogens (primary N) is 1. The highest BCUT2D eigenvalue weighted by Crippen LogP contribution is 2.42. The SMILES string of the molecule is N[C@@H](c1ccc2c(c1)OC(F)(F)O2)c1cccs1. The van der Waals surface area contributed by atoms with Crippen LogP contribution in [0, 0.1) is 0 Å². The molecule has 3 rings (SSSR count). The van der Waals surface area contributed by atoms with Crippen molar-refractivity contribution < 1.29 is 18.3 Å². The summed E-state index contributed by atoms with van der Waals surface area (Å²) in [5.74, 6) is 0.0478. The molecule has 94 valence electrons. The maximum Gasteiger partial charge on any atom is 0.586 e. The van der Waals surface area contributed by atoms with Gasteiger partial charge in [-0.25, -0.2) is 0 Å². The van der Waals surface area contributed by atoms with Gasteiger partial charge in [-0.1, -0.05) is 12.1 Å². The average Bonchev–Trinajstić information content (AvgIpc) is 2.91. The number of rotatable bonds is 2. The molecule has 2 N–H and O–H groups in total. The van der Waals surface area contributed by atoms with E-state index < -0.39 is 6.29 Å². The molecule has 1 aromatic heterocycles. The molecule has 0 spiro atoms. The fraction of sp³-hybridized carbons (Fsp3) is 0.167. The second-order valence-corrected chi connectivity index (χ2v) is 4.85. The van der Waals surface area contributed by atoms with Gasteiger partial charge in [-0.05, 0) is 29.1 Å². The predicted molar refractivity (Wildman–Crippen MR) is 63.0 cm³/mol. The van der Waals surface area contributed by atoms with E-state index in [1.807, 2.05) is 17.5 Å². The zero-order valence-corrected chi connectivity index (χ0v) is 9.92. The fourth-order valence-electron chi connectivity index (χ4n) is 1.79. The minimum atomic E-state index is -3.59. The normalized spacial score (nSPS) is 17.7. The molecule has 0 fully saturated rings. The van der Waals surface area contributed by atoms with Crippen molar-refractivity contribution in [3.8, 4) is 11.5 Å². The Morgan fingerprint density at radius 2 is 1.94 bits per heavy atom. The van der Waals surface area contributed by atoms with Crippen molar-refractivity contribution in [2.75, 3.05) is 0 Å². The van der Waals surface area contributed by atoms with Crippen molar-refractivity contribution in [1.82, 2.24) is 0 Å². The first-order chi connectivity index (χ1) is 8.55. The van der Waals surface area contributed by atoms with E-state index in [0.29, 0.717) is 5.56 Å². The molecule has 2 heterocycles. The van der Waals surface area contributed by atoms with Crippen LogP contribution in [-0.4, -0.2) is 6.29 Å².